The minimum atomic E-state index is -0.972. The van der Waals surface area contributed by atoms with Crippen molar-refractivity contribution >= 4 is 50.9 Å². The second kappa shape index (κ2) is 7.42. The molecule has 0 aliphatic rings. The number of amides is 1. The summed E-state index contributed by atoms with van der Waals surface area (Å²) in [5.41, 5.74) is 1.59. The smallest absolute Gasteiger partial charge is 0.303 e. The number of carbonyl (C=O) groups excluding carboxylic acids is 1. The summed E-state index contributed by atoms with van der Waals surface area (Å²) >= 11 is 3.34. The normalized spacial score (nSPS) is 10.7. The highest BCUT2D eigenvalue weighted by atomic mass is 32.2. The predicted molar refractivity (Wildman–Crippen MR) is 86.1 cm³/mol. The molecule has 0 aliphatic carbocycles. The maximum atomic E-state index is 11.6. The molecule has 0 unspecified atom stereocenters. The van der Waals surface area contributed by atoms with Crippen molar-refractivity contribution in [1.82, 2.24) is 4.98 Å². The van der Waals surface area contributed by atoms with Gasteiger partial charge in [0.2, 0.25) is 5.91 Å². The van der Waals surface area contributed by atoms with E-state index in [1.54, 1.807) is 29.2 Å². The van der Waals surface area contributed by atoms with Crippen molar-refractivity contribution in [1.29, 1.82) is 0 Å². The lowest BCUT2D eigenvalue weighted by Crippen LogP contribution is -2.12. The van der Waals surface area contributed by atoms with Crippen LogP contribution >= 0.6 is 23.1 Å². The van der Waals surface area contributed by atoms with Crippen LogP contribution < -0.4 is 5.32 Å². The van der Waals surface area contributed by atoms with E-state index in [1.807, 2.05) is 12.1 Å². The fraction of sp³-hybridized carbons (Fsp3) is 0.357. The number of anilines is 1. The van der Waals surface area contributed by atoms with Crippen LogP contribution in [0.25, 0.3) is 10.2 Å². The van der Waals surface area contributed by atoms with E-state index in [4.69, 9.17) is 5.11 Å². The SMILES string of the molecule is CCCSc1nc2ccc(NC(=O)CCC(=O)O)cc2s1. The number of nitrogens with one attached hydrogen (secondary N) is 1. The lowest BCUT2D eigenvalue weighted by Gasteiger charge is -2.03. The first-order valence-electron chi connectivity index (χ1n) is 6.63. The second-order valence-corrected chi connectivity index (χ2v) is 6.83. The predicted octanol–water partition coefficient (Wildman–Crippen LogP) is 3.60. The first-order chi connectivity index (χ1) is 10.1. The number of thiazole rings is 1. The summed E-state index contributed by atoms with van der Waals surface area (Å²) in [4.78, 5) is 26.6. The summed E-state index contributed by atoms with van der Waals surface area (Å²) in [7, 11) is 0. The molecule has 2 aromatic rings. The Balaban J connectivity index is 2.04. The molecule has 1 aromatic carbocycles. The number of aliphatic carboxylic acids is 1. The third-order valence-electron chi connectivity index (χ3n) is 2.65. The molecular formula is C14H16N2O3S2. The Morgan fingerprint density at radius 1 is 1.38 bits per heavy atom. The fourth-order valence-corrected chi connectivity index (χ4v) is 3.71. The first kappa shape index (κ1) is 15.8. The number of hydrogen-bond donors (Lipinski definition) is 2. The number of thioether (sulfide) groups is 1. The molecule has 0 fully saturated rings. The third kappa shape index (κ3) is 4.71. The first-order valence-corrected chi connectivity index (χ1v) is 8.43. The largest absolute Gasteiger partial charge is 0.481 e. The molecule has 21 heavy (non-hydrogen) atoms. The van der Waals surface area contributed by atoms with Crippen molar-refractivity contribution in [3.05, 3.63) is 18.2 Å². The minimum Gasteiger partial charge on any atom is -0.481 e. The fourth-order valence-electron chi connectivity index (χ4n) is 1.68. The highest BCUT2D eigenvalue weighted by molar-refractivity contribution is 8.01. The van der Waals surface area contributed by atoms with E-state index >= 15 is 0 Å². The molecule has 7 heteroatoms. The Morgan fingerprint density at radius 3 is 2.90 bits per heavy atom. The van der Waals surface area contributed by atoms with Gasteiger partial charge in [-0.15, -0.1) is 11.3 Å². The van der Waals surface area contributed by atoms with Crippen LogP contribution in [0.1, 0.15) is 26.2 Å². The van der Waals surface area contributed by atoms with Gasteiger partial charge in [0.1, 0.15) is 0 Å². The van der Waals surface area contributed by atoms with E-state index in [9.17, 15) is 9.59 Å². The maximum Gasteiger partial charge on any atom is 0.303 e. The van der Waals surface area contributed by atoms with E-state index in [1.165, 1.54) is 0 Å². The maximum absolute atomic E-state index is 11.6. The van der Waals surface area contributed by atoms with E-state index in [-0.39, 0.29) is 18.7 Å². The molecule has 1 aromatic heterocycles. The molecule has 2 rings (SSSR count). The molecule has 0 spiro atoms. The number of rotatable bonds is 7. The van der Waals surface area contributed by atoms with Crippen molar-refractivity contribution in [2.45, 2.75) is 30.5 Å². The molecule has 0 saturated heterocycles. The van der Waals surface area contributed by atoms with Crippen molar-refractivity contribution < 1.29 is 14.7 Å². The molecule has 0 bridgehead atoms. The molecule has 1 heterocycles. The van der Waals surface area contributed by atoms with Crippen molar-refractivity contribution in [2.75, 3.05) is 11.1 Å². The molecule has 2 N–H and O–H groups in total. The lowest BCUT2D eigenvalue weighted by molar-refractivity contribution is -0.138. The third-order valence-corrected chi connectivity index (χ3v) is 5.02. The van der Waals surface area contributed by atoms with Crippen molar-refractivity contribution in [3.63, 3.8) is 0 Å². The summed E-state index contributed by atoms with van der Waals surface area (Å²) < 4.78 is 2.05. The molecule has 112 valence electrons. The molecule has 0 radical (unpaired) electrons. The Morgan fingerprint density at radius 2 is 2.19 bits per heavy atom. The van der Waals surface area contributed by atoms with Gasteiger partial charge >= 0.3 is 5.97 Å². The average molecular weight is 324 g/mol. The average Bonchev–Trinajstić information content (AvgIpc) is 2.85. The van der Waals surface area contributed by atoms with Gasteiger partial charge in [-0.2, -0.15) is 0 Å². The van der Waals surface area contributed by atoms with Crippen LogP contribution in [0.5, 0.6) is 0 Å². The van der Waals surface area contributed by atoms with Gasteiger partial charge < -0.3 is 10.4 Å². The minimum absolute atomic E-state index is 0.0202. The van der Waals surface area contributed by atoms with E-state index < -0.39 is 5.97 Å². The van der Waals surface area contributed by atoms with Gasteiger partial charge in [0.25, 0.3) is 0 Å². The van der Waals surface area contributed by atoms with Gasteiger partial charge in [-0.05, 0) is 24.6 Å². The zero-order chi connectivity index (χ0) is 15.2. The van der Waals surface area contributed by atoms with Crippen LogP contribution in [0, 0.1) is 0 Å². The number of fused-ring (bicyclic) bond motifs is 1. The number of carbonyl (C=O) groups is 2. The number of hydrogen-bond acceptors (Lipinski definition) is 5. The lowest BCUT2D eigenvalue weighted by atomic mass is 10.2. The number of carboxylic acids is 1. The van der Waals surface area contributed by atoms with Gasteiger partial charge in [0, 0.05) is 17.9 Å². The number of carboxylic acid groups (broad SMARTS) is 1. The molecular weight excluding hydrogens is 308 g/mol. The summed E-state index contributed by atoms with van der Waals surface area (Å²) in [5.74, 6) is -0.221. The van der Waals surface area contributed by atoms with Gasteiger partial charge in [0.05, 0.1) is 16.6 Å². The van der Waals surface area contributed by atoms with Gasteiger partial charge in [-0.25, -0.2) is 4.98 Å². The number of nitrogens with zero attached hydrogens (tertiary/aromatic N) is 1. The zero-order valence-electron chi connectivity index (χ0n) is 11.6. The Bertz CT molecular complexity index is 655. The number of aromatic nitrogens is 1. The van der Waals surface area contributed by atoms with Crippen LogP contribution in [-0.2, 0) is 9.59 Å². The van der Waals surface area contributed by atoms with Crippen LogP contribution in [0.15, 0.2) is 22.5 Å². The second-order valence-electron chi connectivity index (χ2n) is 4.45. The van der Waals surface area contributed by atoms with Crippen molar-refractivity contribution in [2.24, 2.45) is 0 Å². The summed E-state index contributed by atoms with van der Waals surface area (Å²) in [6, 6.07) is 5.53. The quantitative estimate of drug-likeness (QED) is 0.761. The van der Waals surface area contributed by atoms with E-state index in [0.717, 1.165) is 26.7 Å². The highest BCUT2D eigenvalue weighted by Crippen LogP contribution is 2.31. The summed E-state index contributed by atoms with van der Waals surface area (Å²) in [5, 5.41) is 11.3. The zero-order valence-corrected chi connectivity index (χ0v) is 13.2. The molecule has 0 saturated carbocycles. The van der Waals surface area contributed by atoms with Gasteiger partial charge in [-0.3, -0.25) is 9.59 Å². The Labute approximate surface area is 130 Å². The van der Waals surface area contributed by atoms with Crippen LogP contribution in [0.2, 0.25) is 0 Å². The van der Waals surface area contributed by atoms with Gasteiger partial charge in [-0.1, -0.05) is 18.7 Å². The van der Waals surface area contributed by atoms with Crippen LogP contribution in [0.4, 0.5) is 5.69 Å². The topological polar surface area (TPSA) is 79.3 Å². The monoisotopic (exact) mass is 324 g/mol. The number of benzene rings is 1. The molecule has 0 aliphatic heterocycles. The van der Waals surface area contributed by atoms with Crippen LogP contribution in [0.3, 0.4) is 0 Å². The highest BCUT2D eigenvalue weighted by Gasteiger charge is 2.08. The van der Waals surface area contributed by atoms with Crippen LogP contribution in [-0.4, -0.2) is 27.7 Å². The van der Waals surface area contributed by atoms with E-state index in [2.05, 4.69) is 17.2 Å². The Hall–Kier alpha value is -1.60. The molecule has 5 nitrogen and oxygen atoms in total. The van der Waals surface area contributed by atoms with E-state index in [0.29, 0.717) is 5.69 Å². The molecule has 0 atom stereocenters. The summed E-state index contributed by atoms with van der Waals surface area (Å²) in [6.07, 6.45) is 0.922. The standard InChI is InChI=1S/C14H16N2O3S2/c1-2-7-20-14-16-10-4-3-9(8-11(10)21-14)15-12(17)5-6-13(18)19/h3-4,8H,2,5-7H2,1H3,(H,15,17)(H,18,19). The van der Waals surface area contributed by atoms with Gasteiger partial charge in [0.15, 0.2) is 4.34 Å². The molecule has 1 amide bonds. The Kier molecular flexibility index (Phi) is 5.58. The summed E-state index contributed by atoms with van der Waals surface area (Å²) in [6.45, 7) is 2.13. The van der Waals surface area contributed by atoms with Crippen molar-refractivity contribution in [3.8, 4) is 0 Å².